The van der Waals surface area contributed by atoms with E-state index in [1.165, 1.54) is 27.8 Å². The molecule has 2 heterocycles. The number of benzene rings is 8. The van der Waals surface area contributed by atoms with Crippen LogP contribution in [0.3, 0.4) is 0 Å². The number of rotatable bonds is 7. The Balaban J connectivity index is 1.07. The SMILES string of the molecule is Cc1ccc(-c2cccc(-c3nc(-c4ccccc4)nc(-c4ccc5c(c4)oc4cccc(-c6cccc(-c7ccccc7)c6)c45)n3)c2)cc1-c1ccccc1. The fraction of sp³-hybridized carbons (Fsp3) is 0.0192. The Labute approximate surface area is 325 Å². The topological polar surface area (TPSA) is 51.8 Å². The molecular weight excluding hydrogens is 683 g/mol. The van der Waals surface area contributed by atoms with Crippen molar-refractivity contribution in [2.24, 2.45) is 0 Å². The molecule has 0 aliphatic carbocycles. The molecule has 10 aromatic rings. The van der Waals surface area contributed by atoms with Gasteiger partial charge in [-0.05, 0) is 93.4 Å². The zero-order chi connectivity index (χ0) is 37.4. The highest BCUT2D eigenvalue weighted by molar-refractivity contribution is 6.13. The largest absolute Gasteiger partial charge is 0.456 e. The Morgan fingerprint density at radius 3 is 1.54 bits per heavy atom. The lowest BCUT2D eigenvalue weighted by Crippen LogP contribution is -2.00. The molecule has 0 aliphatic rings. The van der Waals surface area contributed by atoms with E-state index >= 15 is 0 Å². The molecule has 0 spiro atoms. The van der Waals surface area contributed by atoms with Gasteiger partial charge in [0.15, 0.2) is 17.5 Å². The average Bonchev–Trinajstić information content (AvgIpc) is 3.66. The summed E-state index contributed by atoms with van der Waals surface area (Å²) in [6.07, 6.45) is 0. The Kier molecular flexibility index (Phi) is 8.34. The zero-order valence-corrected chi connectivity index (χ0v) is 30.7. The normalized spacial score (nSPS) is 11.3. The maximum atomic E-state index is 6.56. The van der Waals surface area contributed by atoms with Crippen molar-refractivity contribution in [1.29, 1.82) is 0 Å². The first kappa shape index (κ1) is 33.2. The zero-order valence-electron chi connectivity index (χ0n) is 30.7. The predicted octanol–water partition coefficient (Wildman–Crippen LogP) is 13.7. The minimum atomic E-state index is 0.582. The van der Waals surface area contributed by atoms with Crippen LogP contribution in [0, 0.1) is 6.92 Å². The van der Waals surface area contributed by atoms with Crippen LogP contribution < -0.4 is 0 Å². The van der Waals surface area contributed by atoms with Crippen molar-refractivity contribution in [3.8, 4) is 78.7 Å². The molecule has 0 fully saturated rings. The average molecular weight is 718 g/mol. The van der Waals surface area contributed by atoms with Gasteiger partial charge in [-0.15, -0.1) is 0 Å². The van der Waals surface area contributed by atoms with E-state index in [2.05, 4.69) is 159 Å². The van der Waals surface area contributed by atoms with Gasteiger partial charge in [-0.3, -0.25) is 0 Å². The van der Waals surface area contributed by atoms with Crippen LogP contribution in [0.2, 0.25) is 0 Å². The van der Waals surface area contributed by atoms with Crippen molar-refractivity contribution in [2.45, 2.75) is 6.92 Å². The summed E-state index contributed by atoms with van der Waals surface area (Å²) < 4.78 is 6.56. The minimum Gasteiger partial charge on any atom is -0.456 e. The smallest absolute Gasteiger partial charge is 0.164 e. The Morgan fingerprint density at radius 2 is 0.821 bits per heavy atom. The van der Waals surface area contributed by atoms with Gasteiger partial charge in [0.05, 0.1) is 0 Å². The number of hydrogen-bond donors (Lipinski definition) is 0. The molecule has 0 bridgehead atoms. The second-order valence-corrected chi connectivity index (χ2v) is 14.1. The van der Waals surface area contributed by atoms with Crippen LogP contribution in [0.25, 0.3) is 101 Å². The fourth-order valence-electron chi connectivity index (χ4n) is 7.62. The molecule has 4 nitrogen and oxygen atoms in total. The number of fused-ring (bicyclic) bond motifs is 3. The van der Waals surface area contributed by atoms with Crippen LogP contribution in [-0.4, -0.2) is 15.0 Å². The van der Waals surface area contributed by atoms with Crippen molar-refractivity contribution >= 4 is 21.9 Å². The summed E-state index contributed by atoms with van der Waals surface area (Å²) in [5.41, 5.74) is 14.8. The van der Waals surface area contributed by atoms with E-state index in [1.54, 1.807) is 0 Å². The fourth-order valence-corrected chi connectivity index (χ4v) is 7.62. The predicted molar refractivity (Wildman–Crippen MR) is 230 cm³/mol. The van der Waals surface area contributed by atoms with Gasteiger partial charge in [0.1, 0.15) is 11.2 Å². The summed E-state index contributed by atoms with van der Waals surface area (Å²) in [5.74, 6) is 1.80. The lowest BCUT2D eigenvalue weighted by molar-refractivity contribution is 0.669. The number of furan rings is 1. The highest BCUT2D eigenvalue weighted by atomic mass is 16.3. The summed E-state index contributed by atoms with van der Waals surface area (Å²) in [6, 6.07) is 67.5. The molecule has 0 N–H and O–H groups in total. The third kappa shape index (κ3) is 6.23. The molecular formula is C52H35N3O. The Bertz CT molecular complexity index is 3030. The van der Waals surface area contributed by atoms with Gasteiger partial charge in [0.25, 0.3) is 0 Å². The van der Waals surface area contributed by atoms with Crippen LogP contribution in [0.4, 0.5) is 0 Å². The molecule has 0 saturated carbocycles. The van der Waals surface area contributed by atoms with E-state index in [0.717, 1.165) is 60.9 Å². The summed E-state index contributed by atoms with van der Waals surface area (Å²) in [4.78, 5) is 15.2. The molecule has 4 heteroatoms. The molecule has 2 aromatic heterocycles. The number of nitrogens with zero attached hydrogens (tertiary/aromatic N) is 3. The van der Waals surface area contributed by atoms with Crippen molar-refractivity contribution in [2.75, 3.05) is 0 Å². The monoisotopic (exact) mass is 717 g/mol. The van der Waals surface area contributed by atoms with E-state index in [9.17, 15) is 0 Å². The van der Waals surface area contributed by atoms with Crippen LogP contribution in [0.5, 0.6) is 0 Å². The van der Waals surface area contributed by atoms with Crippen LogP contribution in [-0.2, 0) is 0 Å². The summed E-state index contributed by atoms with van der Waals surface area (Å²) in [7, 11) is 0. The molecule has 8 aromatic carbocycles. The highest BCUT2D eigenvalue weighted by Gasteiger charge is 2.17. The van der Waals surface area contributed by atoms with Crippen LogP contribution in [0.1, 0.15) is 5.56 Å². The highest BCUT2D eigenvalue weighted by Crippen LogP contribution is 2.39. The van der Waals surface area contributed by atoms with Crippen molar-refractivity contribution < 1.29 is 4.42 Å². The first-order valence-electron chi connectivity index (χ1n) is 18.8. The van der Waals surface area contributed by atoms with Gasteiger partial charge in [0, 0.05) is 27.5 Å². The standard InChI is InChI=1S/C52H35N3O/c1-34-26-27-40(32-46(34)36-16-7-3-8-17-36)39-21-12-23-42(31-39)51-53-50(37-18-9-4-10-19-37)54-52(55-51)43-28-29-45-48(33-43)56-47-25-13-24-44(49(45)47)41-22-11-20-38(30-41)35-14-5-2-6-15-35/h2-33H,1H3. The van der Waals surface area contributed by atoms with E-state index in [4.69, 9.17) is 19.4 Å². The molecule has 264 valence electrons. The molecule has 0 saturated heterocycles. The van der Waals surface area contributed by atoms with Crippen LogP contribution in [0.15, 0.2) is 199 Å². The first-order valence-corrected chi connectivity index (χ1v) is 18.8. The molecule has 0 aliphatic heterocycles. The number of aryl methyl sites for hydroxylation is 1. The van der Waals surface area contributed by atoms with E-state index < -0.39 is 0 Å². The van der Waals surface area contributed by atoms with Gasteiger partial charge in [-0.2, -0.15) is 0 Å². The van der Waals surface area contributed by atoms with Crippen molar-refractivity contribution in [3.05, 3.63) is 200 Å². The van der Waals surface area contributed by atoms with Gasteiger partial charge in [-0.25, -0.2) is 15.0 Å². The molecule has 0 radical (unpaired) electrons. The number of aromatic nitrogens is 3. The molecule has 10 rings (SSSR count). The van der Waals surface area contributed by atoms with Gasteiger partial charge >= 0.3 is 0 Å². The van der Waals surface area contributed by atoms with E-state index in [-0.39, 0.29) is 0 Å². The molecule has 0 amide bonds. The first-order chi connectivity index (χ1) is 27.6. The van der Waals surface area contributed by atoms with Crippen molar-refractivity contribution in [3.63, 3.8) is 0 Å². The van der Waals surface area contributed by atoms with E-state index in [1.807, 2.05) is 42.5 Å². The Morgan fingerprint density at radius 1 is 0.321 bits per heavy atom. The quantitative estimate of drug-likeness (QED) is 0.165. The van der Waals surface area contributed by atoms with Gasteiger partial charge in [0.2, 0.25) is 0 Å². The maximum absolute atomic E-state index is 6.56. The summed E-state index contributed by atoms with van der Waals surface area (Å²) in [6.45, 7) is 2.16. The minimum absolute atomic E-state index is 0.582. The molecule has 56 heavy (non-hydrogen) atoms. The second-order valence-electron chi connectivity index (χ2n) is 14.1. The lowest BCUT2D eigenvalue weighted by atomic mass is 9.94. The lowest BCUT2D eigenvalue weighted by Gasteiger charge is -2.12. The maximum Gasteiger partial charge on any atom is 0.164 e. The summed E-state index contributed by atoms with van der Waals surface area (Å²) >= 11 is 0. The molecule has 0 unspecified atom stereocenters. The van der Waals surface area contributed by atoms with Gasteiger partial charge < -0.3 is 4.42 Å². The summed E-state index contributed by atoms with van der Waals surface area (Å²) in [5, 5.41) is 2.13. The number of hydrogen-bond acceptors (Lipinski definition) is 4. The Hall–Kier alpha value is -7.43. The van der Waals surface area contributed by atoms with Crippen molar-refractivity contribution in [1.82, 2.24) is 15.0 Å². The molecule has 0 atom stereocenters. The third-order valence-electron chi connectivity index (χ3n) is 10.5. The second kappa shape index (κ2) is 14.1. The van der Waals surface area contributed by atoms with Gasteiger partial charge in [-0.1, -0.05) is 158 Å². The van der Waals surface area contributed by atoms with Crippen LogP contribution >= 0.6 is 0 Å². The van der Waals surface area contributed by atoms with E-state index in [0.29, 0.717) is 17.5 Å². The third-order valence-corrected chi connectivity index (χ3v) is 10.5.